The molecule has 0 saturated carbocycles. The second-order valence-corrected chi connectivity index (χ2v) is 6.16. The number of ether oxygens (including phenoxy) is 2. The average molecular weight is 401 g/mol. The van der Waals surface area contributed by atoms with Crippen LogP contribution < -0.4 is 20.3 Å². The third-order valence-electron chi connectivity index (χ3n) is 4.03. The highest BCUT2D eigenvalue weighted by Gasteiger charge is 2.45. The number of alkyl halides is 2. The van der Waals surface area contributed by atoms with Crippen molar-refractivity contribution in [2.45, 2.75) is 38.9 Å². The van der Waals surface area contributed by atoms with E-state index in [1.807, 2.05) is 6.92 Å². The number of nitrogens with zero attached hydrogens (tertiary/aromatic N) is 1. The maximum Gasteiger partial charge on any atom is 0.586 e. The average Bonchev–Trinajstić information content (AvgIpc) is 2.98. The first-order valence-corrected chi connectivity index (χ1v) is 8.67. The van der Waals surface area contributed by atoms with Crippen LogP contribution in [0.25, 0.3) is 0 Å². The molecule has 0 radical (unpaired) electrons. The highest BCUT2D eigenvalue weighted by molar-refractivity contribution is 5.99. The number of halogens is 2. The third kappa shape index (κ3) is 5.52. The maximum absolute atomic E-state index is 13.2. The van der Waals surface area contributed by atoms with E-state index in [1.165, 1.54) is 18.2 Å². The SMILES string of the molecule is CCCCC[C@H](CN(O)C=O)C(=O)NNC(=O)c1cccc2c1OC(F)(F)O2. The lowest BCUT2D eigenvalue weighted by Gasteiger charge is -2.19. The van der Waals surface area contributed by atoms with Gasteiger partial charge in [0.05, 0.1) is 18.0 Å². The fraction of sp³-hybridized carbons (Fsp3) is 0.471. The molecule has 1 aliphatic rings. The summed E-state index contributed by atoms with van der Waals surface area (Å²) in [6, 6.07) is 3.76. The Hall–Kier alpha value is -2.95. The van der Waals surface area contributed by atoms with Gasteiger partial charge >= 0.3 is 6.29 Å². The van der Waals surface area contributed by atoms with Gasteiger partial charge in [-0.15, -0.1) is 8.78 Å². The summed E-state index contributed by atoms with van der Waals surface area (Å²) in [5.74, 6) is -3.05. The summed E-state index contributed by atoms with van der Waals surface area (Å²) in [7, 11) is 0. The van der Waals surface area contributed by atoms with Gasteiger partial charge in [0.2, 0.25) is 12.3 Å². The largest absolute Gasteiger partial charge is 0.586 e. The van der Waals surface area contributed by atoms with Crippen molar-refractivity contribution in [2.75, 3.05) is 6.54 Å². The normalized spacial score (nSPS) is 14.9. The number of hydrazine groups is 1. The third-order valence-corrected chi connectivity index (χ3v) is 4.03. The fourth-order valence-electron chi connectivity index (χ4n) is 2.65. The molecule has 11 heteroatoms. The number of benzene rings is 1. The van der Waals surface area contributed by atoms with Crippen LogP contribution in [0.1, 0.15) is 43.0 Å². The molecular formula is C17H21F2N3O6. The second-order valence-electron chi connectivity index (χ2n) is 6.16. The number of nitrogens with one attached hydrogen (secondary N) is 2. The van der Waals surface area contributed by atoms with Crippen LogP contribution in [0.15, 0.2) is 18.2 Å². The summed E-state index contributed by atoms with van der Waals surface area (Å²) >= 11 is 0. The van der Waals surface area contributed by atoms with Crippen molar-refractivity contribution in [1.29, 1.82) is 0 Å². The number of hydrogen-bond donors (Lipinski definition) is 3. The van der Waals surface area contributed by atoms with E-state index in [1.54, 1.807) is 0 Å². The van der Waals surface area contributed by atoms with E-state index < -0.39 is 29.8 Å². The van der Waals surface area contributed by atoms with Crippen molar-refractivity contribution in [2.24, 2.45) is 5.92 Å². The van der Waals surface area contributed by atoms with Crippen LogP contribution in [0.4, 0.5) is 8.78 Å². The number of unbranched alkanes of at least 4 members (excludes halogenated alkanes) is 2. The summed E-state index contributed by atoms with van der Waals surface area (Å²) in [5, 5.41) is 9.68. The first-order valence-electron chi connectivity index (χ1n) is 8.67. The van der Waals surface area contributed by atoms with Crippen LogP contribution >= 0.6 is 0 Å². The van der Waals surface area contributed by atoms with E-state index >= 15 is 0 Å². The number of fused-ring (bicyclic) bond motifs is 1. The molecule has 2 rings (SSSR count). The van der Waals surface area contributed by atoms with Crippen molar-refractivity contribution >= 4 is 18.2 Å². The molecule has 0 fully saturated rings. The van der Waals surface area contributed by atoms with Crippen molar-refractivity contribution in [3.8, 4) is 11.5 Å². The topological polar surface area (TPSA) is 117 Å². The van der Waals surface area contributed by atoms with Gasteiger partial charge in [0, 0.05) is 0 Å². The molecule has 0 unspecified atom stereocenters. The Kier molecular flexibility index (Phi) is 7.10. The minimum Gasteiger partial charge on any atom is -0.395 e. The van der Waals surface area contributed by atoms with Gasteiger partial charge in [-0.05, 0) is 18.6 Å². The summed E-state index contributed by atoms with van der Waals surface area (Å²) in [5.41, 5.74) is 4.03. The molecule has 1 atom stereocenters. The Bertz CT molecular complexity index is 731. The highest BCUT2D eigenvalue weighted by atomic mass is 19.3. The smallest absolute Gasteiger partial charge is 0.395 e. The molecule has 0 aliphatic carbocycles. The Balaban J connectivity index is 2.00. The molecule has 0 spiro atoms. The lowest BCUT2D eigenvalue weighted by Crippen LogP contribution is -2.46. The van der Waals surface area contributed by atoms with E-state index in [0.717, 1.165) is 12.8 Å². The predicted octanol–water partition coefficient (Wildman–Crippen LogP) is 1.81. The standard InChI is InChI=1S/C17H21F2N3O6/c1-2-3-4-6-11(9-22(26)10-23)15(24)20-21-16(25)12-7-5-8-13-14(12)28-17(18,19)27-13/h5,7-8,10-11,26H,2-4,6,9H2,1H3,(H,20,24)(H,21,25)/t11-/m1/s1. The van der Waals surface area contributed by atoms with Gasteiger partial charge in [-0.3, -0.25) is 30.4 Å². The molecule has 1 heterocycles. The number of carbonyl (C=O) groups is 3. The van der Waals surface area contributed by atoms with Gasteiger partial charge in [-0.25, -0.2) is 5.06 Å². The van der Waals surface area contributed by atoms with Crippen LogP contribution in [0.3, 0.4) is 0 Å². The molecule has 28 heavy (non-hydrogen) atoms. The molecule has 0 saturated heterocycles. The van der Waals surface area contributed by atoms with Crippen molar-refractivity contribution in [3.63, 3.8) is 0 Å². The van der Waals surface area contributed by atoms with E-state index in [0.29, 0.717) is 17.9 Å². The van der Waals surface area contributed by atoms with Crippen molar-refractivity contribution in [1.82, 2.24) is 15.9 Å². The highest BCUT2D eigenvalue weighted by Crippen LogP contribution is 2.43. The first-order chi connectivity index (χ1) is 13.3. The minimum atomic E-state index is -3.88. The maximum atomic E-state index is 13.2. The molecule has 0 aromatic heterocycles. The molecule has 154 valence electrons. The monoisotopic (exact) mass is 401 g/mol. The lowest BCUT2D eigenvalue weighted by molar-refractivity contribution is -0.286. The van der Waals surface area contributed by atoms with Gasteiger partial charge in [0.15, 0.2) is 11.5 Å². The van der Waals surface area contributed by atoms with Crippen molar-refractivity contribution < 1.29 is 37.8 Å². The van der Waals surface area contributed by atoms with E-state index in [-0.39, 0.29) is 24.3 Å². The van der Waals surface area contributed by atoms with E-state index in [2.05, 4.69) is 20.3 Å². The van der Waals surface area contributed by atoms with Gasteiger partial charge in [-0.2, -0.15) is 0 Å². The quantitative estimate of drug-likeness (QED) is 0.251. The van der Waals surface area contributed by atoms with Crippen LogP contribution in [-0.2, 0) is 9.59 Å². The Morgan fingerprint density at radius 3 is 2.71 bits per heavy atom. The predicted molar refractivity (Wildman–Crippen MR) is 90.4 cm³/mol. The fourth-order valence-corrected chi connectivity index (χ4v) is 2.65. The lowest BCUT2D eigenvalue weighted by atomic mass is 10.0. The zero-order valence-corrected chi connectivity index (χ0v) is 15.1. The molecule has 1 aliphatic heterocycles. The summed E-state index contributed by atoms with van der Waals surface area (Å²) in [4.78, 5) is 35.2. The van der Waals surface area contributed by atoms with Crippen LogP contribution in [0.5, 0.6) is 11.5 Å². The van der Waals surface area contributed by atoms with Crippen molar-refractivity contribution in [3.05, 3.63) is 23.8 Å². The van der Waals surface area contributed by atoms with Gasteiger partial charge < -0.3 is 9.47 Å². The molecule has 0 bridgehead atoms. The molecule has 9 nitrogen and oxygen atoms in total. The summed E-state index contributed by atoms with van der Waals surface area (Å²) in [6.45, 7) is 1.73. The van der Waals surface area contributed by atoms with Crippen LogP contribution in [-0.4, -0.2) is 41.3 Å². The summed E-state index contributed by atoms with van der Waals surface area (Å²) in [6.07, 6.45) is -0.890. The number of rotatable bonds is 9. The molecular weight excluding hydrogens is 380 g/mol. The Morgan fingerprint density at radius 2 is 2.04 bits per heavy atom. The van der Waals surface area contributed by atoms with E-state index in [4.69, 9.17) is 0 Å². The number of hydroxylamine groups is 2. The number of para-hydroxylation sites is 1. The zero-order valence-electron chi connectivity index (χ0n) is 15.1. The second kappa shape index (κ2) is 9.31. The molecule has 1 aromatic rings. The number of amides is 3. The first kappa shape index (κ1) is 21.4. The van der Waals surface area contributed by atoms with Crippen LogP contribution in [0.2, 0.25) is 0 Å². The Morgan fingerprint density at radius 1 is 1.29 bits per heavy atom. The Labute approximate surface area is 159 Å². The zero-order chi connectivity index (χ0) is 20.7. The van der Waals surface area contributed by atoms with E-state index in [9.17, 15) is 28.4 Å². The van der Waals surface area contributed by atoms with Crippen LogP contribution in [0, 0.1) is 5.92 Å². The summed E-state index contributed by atoms with van der Waals surface area (Å²) < 4.78 is 35.0. The number of hydrogen-bond acceptors (Lipinski definition) is 6. The van der Waals surface area contributed by atoms with Gasteiger partial charge in [-0.1, -0.05) is 32.3 Å². The molecule has 3 N–H and O–H groups in total. The molecule has 1 aromatic carbocycles. The molecule has 3 amide bonds. The minimum absolute atomic E-state index is 0.170. The number of carbonyl (C=O) groups excluding carboxylic acids is 3. The van der Waals surface area contributed by atoms with Gasteiger partial charge in [0.1, 0.15) is 0 Å². The van der Waals surface area contributed by atoms with Gasteiger partial charge in [0.25, 0.3) is 5.91 Å².